The van der Waals surface area contributed by atoms with E-state index in [9.17, 15) is 4.39 Å². The molecule has 0 aliphatic heterocycles. The Morgan fingerprint density at radius 3 is 2.26 bits per heavy atom. The van der Waals surface area contributed by atoms with Crippen LogP contribution in [0.5, 0.6) is 11.5 Å². The van der Waals surface area contributed by atoms with E-state index >= 15 is 0 Å². The molecule has 2 N–H and O–H groups in total. The molecule has 0 saturated carbocycles. The molecule has 0 saturated heterocycles. The standard InChI is InChI=1S/C15H14FNOS/c1-9-5-10(2)7-12(6-9)18-14-4-3-11(15(17)19)8-13(14)16/h3-8H,1-2H3,(H2,17,19). The summed E-state index contributed by atoms with van der Waals surface area (Å²) in [6, 6.07) is 10.2. The number of rotatable bonds is 3. The summed E-state index contributed by atoms with van der Waals surface area (Å²) in [5, 5.41) is 0. The summed E-state index contributed by atoms with van der Waals surface area (Å²) >= 11 is 4.80. The van der Waals surface area contributed by atoms with Crippen LogP contribution in [0.1, 0.15) is 16.7 Å². The molecule has 0 aromatic heterocycles. The van der Waals surface area contributed by atoms with Crippen LogP contribution in [0.2, 0.25) is 0 Å². The van der Waals surface area contributed by atoms with Gasteiger partial charge in [0.15, 0.2) is 11.6 Å². The second-order valence-corrected chi connectivity index (χ2v) is 4.87. The molecule has 2 nitrogen and oxygen atoms in total. The number of hydrogen-bond acceptors (Lipinski definition) is 2. The lowest BCUT2D eigenvalue weighted by molar-refractivity contribution is 0.441. The number of aryl methyl sites for hydroxylation is 2. The molecule has 0 spiro atoms. The van der Waals surface area contributed by atoms with Crippen LogP contribution >= 0.6 is 12.2 Å². The largest absolute Gasteiger partial charge is 0.454 e. The smallest absolute Gasteiger partial charge is 0.166 e. The first-order chi connectivity index (χ1) is 8.95. The predicted molar refractivity (Wildman–Crippen MR) is 78.3 cm³/mol. The highest BCUT2D eigenvalue weighted by Crippen LogP contribution is 2.26. The van der Waals surface area contributed by atoms with E-state index in [2.05, 4.69) is 0 Å². The molecule has 19 heavy (non-hydrogen) atoms. The minimum absolute atomic E-state index is 0.157. The van der Waals surface area contributed by atoms with Gasteiger partial charge in [-0.2, -0.15) is 0 Å². The highest BCUT2D eigenvalue weighted by Gasteiger charge is 2.08. The molecule has 0 bridgehead atoms. The maximum atomic E-state index is 13.9. The Bertz CT molecular complexity index is 620. The molecule has 0 amide bonds. The third-order valence-corrected chi connectivity index (χ3v) is 2.88. The van der Waals surface area contributed by atoms with E-state index in [4.69, 9.17) is 22.7 Å². The van der Waals surface area contributed by atoms with Crippen LogP contribution in [0, 0.1) is 19.7 Å². The Kier molecular flexibility index (Phi) is 3.81. The minimum Gasteiger partial charge on any atom is -0.454 e. The van der Waals surface area contributed by atoms with Crippen molar-refractivity contribution in [2.24, 2.45) is 5.73 Å². The average Bonchev–Trinajstić information content (AvgIpc) is 2.30. The molecule has 2 aromatic carbocycles. The lowest BCUT2D eigenvalue weighted by atomic mass is 10.1. The van der Waals surface area contributed by atoms with Crippen molar-refractivity contribution in [2.45, 2.75) is 13.8 Å². The zero-order valence-electron chi connectivity index (χ0n) is 10.7. The second kappa shape index (κ2) is 5.36. The number of thiocarbonyl (C=S) groups is 1. The molecule has 0 radical (unpaired) electrons. The summed E-state index contributed by atoms with van der Waals surface area (Å²) < 4.78 is 19.4. The van der Waals surface area contributed by atoms with Crippen LogP contribution in [-0.4, -0.2) is 4.99 Å². The molecule has 0 aliphatic carbocycles. The van der Waals surface area contributed by atoms with Crippen LogP contribution in [0.25, 0.3) is 0 Å². The summed E-state index contributed by atoms with van der Waals surface area (Å²) in [5.41, 5.74) is 8.07. The zero-order valence-corrected chi connectivity index (χ0v) is 11.6. The Labute approximate surface area is 117 Å². The Balaban J connectivity index is 2.30. The predicted octanol–water partition coefficient (Wildman–Crippen LogP) is 3.87. The van der Waals surface area contributed by atoms with Crippen molar-refractivity contribution < 1.29 is 9.13 Å². The van der Waals surface area contributed by atoms with Gasteiger partial charge >= 0.3 is 0 Å². The van der Waals surface area contributed by atoms with Crippen LogP contribution in [0.15, 0.2) is 36.4 Å². The summed E-state index contributed by atoms with van der Waals surface area (Å²) in [6.45, 7) is 3.93. The van der Waals surface area contributed by atoms with Gasteiger partial charge in [0.05, 0.1) is 0 Å². The summed E-state index contributed by atoms with van der Waals surface area (Å²) in [4.78, 5) is 0.164. The van der Waals surface area contributed by atoms with Crippen molar-refractivity contribution in [1.29, 1.82) is 0 Å². The lowest BCUT2D eigenvalue weighted by Crippen LogP contribution is -2.09. The van der Waals surface area contributed by atoms with E-state index < -0.39 is 5.82 Å². The number of halogens is 1. The zero-order chi connectivity index (χ0) is 14.0. The van der Waals surface area contributed by atoms with Crippen LogP contribution < -0.4 is 10.5 Å². The molecule has 0 aliphatic rings. The van der Waals surface area contributed by atoms with E-state index in [1.165, 1.54) is 12.1 Å². The first-order valence-electron chi connectivity index (χ1n) is 5.81. The Morgan fingerprint density at radius 1 is 1.11 bits per heavy atom. The quantitative estimate of drug-likeness (QED) is 0.864. The van der Waals surface area contributed by atoms with Gasteiger partial charge in [-0.3, -0.25) is 0 Å². The Hall–Kier alpha value is -1.94. The van der Waals surface area contributed by atoms with Gasteiger partial charge in [0, 0.05) is 5.56 Å². The number of hydrogen-bond donors (Lipinski definition) is 1. The van der Waals surface area contributed by atoms with Gasteiger partial charge in [-0.25, -0.2) is 4.39 Å². The van der Waals surface area contributed by atoms with Crippen LogP contribution in [0.4, 0.5) is 4.39 Å². The fourth-order valence-corrected chi connectivity index (χ4v) is 1.98. The van der Waals surface area contributed by atoms with Crippen molar-refractivity contribution in [3.8, 4) is 11.5 Å². The summed E-state index contributed by atoms with van der Waals surface area (Å²) in [6.07, 6.45) is 0. The van der Waals surface area contributed by atoms with Crippen molar-refractivity contribution in [3.05, 3.63) is 58.9 Å². The molecular formula is C15H14FNOS. The van der Waals surface area contributed by atoms with Crippen molar-refractivity contribution in [3.63, 3.8) is 0 Å². The molecule has 98 valence electrons. The highest BCUT2D eigenvalue weighted by molar-refractivity contribution is 7.80. The van der Waals surface area contributed by atoms with Crippen LogP contribution in [0.3, 0.4) is 0 Å². The van der Waals surface area contributed by atoms with E-state index in [0.717, 1.165) is 11.1 Å². The minimum atomic E-state index is -0.482. The summed E-state index contributed by atoms with van der Waals surface area (Å²) in [5.74, 6) is 0.286. The van der Waals surface area contributed by atoms with Crippen molar-refractivity contribution in [2.75, 3.05) is 0 Å². The van der Waals surface area contributed by atoms with E-state index in [0.29, 0.717) is 11.3 Å². The third-order valence-electron chi connectivity index (χ3n) is 2.64. The maximum Gasteiger partial charge on any atom is 0.166 e. The fraction of sp³-hybridized carbons (Fsp3) is 0.133. The first kappa shape index (κ1) is 13.5. The number of ether oxygens (including phenoxy) is 1. The summed E-state index contributed by atoms with van der Waals surface area (Å²) in [7, 11) is 0. The van der Waals surface area contributed by atoms with E-state index in [-0.39, 0.29) is 10.7 Å². The lowest BCUT2D eigenvalue weighted by Gasteiger charge is -2.09. The van der Waals surface area contributed by atoms with Crippen molar-refractivity contribution in [1.82, 2.24) is 0 Å². The molecule has 0 heterocycles. The normalized spacial score (nSPS) is 10.3. The maximum absolute atomic E-state index is 13.9. The van der Waals surface area contributed by atoms with E-state index in [1.807, 2.05) is 32.0 Å². The van der Waals surface area contributed by atoms with E-state index in [1.54, 1.807) is 6.07 Å². The molecule has 0 fully saturated rings. The second-order valence-electron chi connectivity index (χ2n) is 4.43. The van der Waals surface area contributed by atoms with Gasteiger partial charge in [-0.1, -0.05) is 18.3 Å². The SMILES string of the molecule is Cc1cc(C)cc(Oc2ccc(C(N)=S)cc2F)c1. The topological polar surface area (TPSA) is 35.2 Å². The molecular weight excluding hydrogens is 261 g/mol. The van der Waals surface area contributed by atoms with Gasteiger partial charge in [-0.15, -0.1) is 0 Å². The molecule has 2 aromatic rings. The molecule has 2 rings (SSSR count). The number of benzene rings is 2. The van der Waals surface area contributed by atoms with Crippen LogP contribution in [-0.2, 0) is 0 Å². The average molecular weight is 275 g/mol. The first-order valence-corrected chi connectivity index (χ1v) is 6.22. The Morgan fingerprint density at radius 2 is 1.74 bits per heavy atom. The highest BCUT2D eigenvalue weighted by atomic mass is 32.1. The van der Waals surface area contributed by atoms with Gasteiger partial charge in [0.2, 0.25) is 0 Å². The fourth-order valence-electron chi connectivity index (χ4n) is 1.86. The molecule has 0 unspecified atom stereocenters. The van der Waals surface area contributed by atoms with Crippen molar-refractivity contribution >= 4 is 17.2 Å². The van der Waals surface area contributed by atoms with Gasteiger partial charge in [0.25, 0.3) is 0 Å². The third kappa shape index (κ3) is 3.29. The monoisotopic (exact) mass is 275 g/mol. The molecule has 0 atom stereocenters. The van der Waals surface area contributed by atoms with Gasteiger partial charge in [0.1, 0.15) is 10.7 Å². The molecule has 4 heteroatoms. The number of nitrogens with two attached hydrogens (primary N) is 1. The van der Waals surface area contributed by atoms with Gasteiger partial charge in [-0.05, 0) is 55.3 Å². The van der Waals surface area contributed by atoms with Gasteiger partial charge < -0.3 is 10.5 Å².